The summed E-state index contributed by atoms with van der Waals surface area (Å²) in [5.74, 6) is -0.488. The van der Waals surface area contributed by atoms with E-state index in [0.29, 0.717) is 16.9 Å². The Bertz CT molecular complexity index is 351. The first kappa shape index (κ1) is 10.4. The molecule has 14 heavy (non-hydrogen) atoms. The van der Waals surface area contributed by atoms with Gasteiger partial charge in [0.1, 0.15) is 5.71 Å². The Kier molecular flexibility index (Phi) is 2.96. The van der Waals surface area contributed by atoms with Gasteiger partial charge in [-0.2, -0.15) is 0 Å². The van der Waals surface area contributed by atoms with Gasteiger partial charge < -0.3 is 4.84 Å². The van der Waals surface area contributed by atoms with Crippen molar-refractivity contribution in [3.05, 3.63) is 23.3 Å². The van der Waals surface area contributed by atoms with E-state index in [1.165, 1.54) is 6.92 Å². The molecule has 0 aromatic carbocycles. The first-order valence-corrected chi connectivity index (χ1v) is 4.17. The summed E-state index contributed by atoms with van der Waals surface area (Å²) >= 11 is 0. The summed E-state index contributed by atoms with van der Waals surface area (Å²) in [4.78, 5) is 26.2. The first-order valence-electron chi connectivity index (χ1n) is 4.17. The molecule has 0 atom stereocenters. The van der Waals surface area contributed by atoms with Gasteiger partial charge in [0.2, 0.25) is 0 Å². The summed E-state index contributed by atoms with van der Waals surface area (Å²) < 4.78 is 0. The maximum atomic E-state index is 11.3. The van der Waals surface area contributed by atoms with Crippen LogP contribution in [-0.2, 0) is 14.4 Å². The number of nitrogens with zero attached hydrogens (tertiary/aromatic N) is 1. The maximum absolute atomic E-state index is 11.3. The number of ketones is 1. The molecule has 1 aliphatic carbocycles. The van der Waals surface area contributed by atoms with Gasteiger partial charge >= 0.3 is 5.97 Å². The van der Waals surface area contributed by atoms with Crippen LogP contribution in [0.25, 0.3) is 0 Å². The standard InChI is InChI=1S/C10H11NO3/c1-6-4-9(11-14-8(3)12)5-7(2)10(6)13/h4-5H,1-3H3. The van der Waals surface area contributed by atoms with E-state index in [0.717, 1.165) is 0 Å². The number of rotatable bonds is 1. The molecule has 0 radical (unpaired) electrons. The summed E-state index contributed by atoms with van der Waals surface area (Å²) in [6.45, 7) is 4.66. The van der Waals surface area contributed by atoms with Crippen LogP contribution < -0.4 is 0 Å². The zero-order chi connectivity index (χ0) is 10.7. The van der Waals surface area contributed by atoms with E-state index >= 15 is 0 Å². The highest BCUT2D eigenvalue weighted by Crippen LogP contribution is 2.12. The van der Waals surface area contributed by atoms with Crippen LogP contribution >= 0.6 is 0 Å². The summed E-state index contributed by atoms with van der Waals surface area (Å²) in [7, 11) is 0. The summed E-state index contributed by atoms with van der Waals surface area (Å²) in [5.41, 5.74) is 1.67. The highest BCUT2D eigenvalue weighted by molar-refractivity contribution is 6.21. The summed E-state index contributed by atoms with van der Waals surface area (Å²) in [6.07, 6.45) is 3.16. The molecule has 0 heterocycles. The Balaban J connectivity index is 2.88. The Labute approximate surface area is 81.9 Å². The Morgan fingerprint density at radius 1 is 1.29 bits per heavy atom. The molecule has 0 fully saturated rings. The van der Waals surface area contributed by atoms with Crippen molar-refractivity contribution in [3.8, 4) is 0 Å². The topological polar surface area (TPSA) is 55.7 Å². The number of oxime groups is 1. The van der Waals surface area contributed by atoms with Gasteiger partial charge in [-0.25, -0.2) is 4.79 Å². The average molecular weight is 193 g/mol. The van der Waals surface area contributed by atoms with Crippen molar-refractivity contribution in [2.45, 2.75) is 20.8 Å². The van der Waals surface area contributed by atoms with Crippen LogP contribution in [-0.4, -0.2) is 17.5 Å². The third-order valence-corrected chi connectivity index (χ3v) is 1.72. The predicted molar refractivity (Wildman–Crippen MR) is 51.7 cm³/mol. The molecule has 0 aromatic heterocycles. The predicted octanol–water partition coefficient (Wildman–Crippen LogP) is 1.38. The van der Waals surface area contributed by atoms with Crippen LogP contribution in [0.2, 0.25) is 0 Å². The van der Waals surface area contributed by atoms with E-state index in [1.54, 1.807) is 26.0 Å². The minimum Gasteiger partial charge on any atom is -0.318 e. The van der Waals surface area contributed by atoms with Crippen molar-refractivity contribution in [2.24, 2.45) is 5.16 Å². The van der Waals surface area contributed by atoms with E-state index in [2.05, 4.69) is 9.99 Å². The molecule has 0 amide bonds. The minimum absolute atomic E-state index is 0.00762. The average Bonchev–Trinajstić information content (AvgIpc) is 2.10. The highest BCUT2D eigenvalue weighted by atomic mass is 16.7. The largest absolute Gasteiger partial charge is 0.331 e. The normalized spacial score (nSPS) is 15.9. The highest BCUT2D eigenvalue weighted by Gasteiger charge is 2.13. The van der Waals surface area contributed by atoms with Gasteiger partial charge in [0.15, 0.2) is 5.78 Å². The molecule has 0 unspecified atom stereocenters. The number of allylic oxidation sites excluding steroid dienone is 4. The third kappa shape index (κ3) is 2.39. The van der Waals surface area contributed by atoms with Crippen molar-refractivity contribution in [1.82, 2.24) is 0 Å². The SMILES string of the molecule is CC(=O)ON=C1C=C(C)C(=O)C(C)=C1. The van der Waals surface area contributed by atoms with E-state index < -0.39 is 5.97 Å². The molecule has 4 heteroatoms. The lowest BCUT2D eigenvalue weighted by molar-refractivity contribution is -0.140. The van der Waals surface area contributed by atoms with Crippen molar-refractivity contribution in [1.29, 1.82) is 0 Å². The molecule has 0 saturated carbocycles. The van der Waals surface area contributed by atoms with Gasteiger partial charge in [-0.1, -0.05) is 5.16 Å². The van der Waals surface area contributed by atoms with Gasteiger partial charge in [-0.3, -0.25) is 4.79 Å². The number of Topliss-reactive ketones (excluding diaryl/α,β-unsaturated/α-hetero) is 1. The van der Waals surface area contributed by atoms with Crippen LogP contribution in [0.15, 0.2) is 28.5 Å². The first-order chi connectivity index (χ1) is 6.50. The lowest BCUT2D eigenvalue weighted by Crippen LogP contribution is -2.11. The molecule has 4 nitrogen and oxygen atoms in total. The molecule has 1 rings (SSSR count). The number of carbonyl (C=O) groups is 2. The van der Waals surface area contributed by atoms with Crippen molar-refractivity contribution < 1.29 is 14.4 Å². The number of carbonyl (C=O) groups excluding carboxylic acids is 2. The van der Waals surface area contributed by atoms with E-state index in [4.69, 9.17) is 0 Å². The zero-order valence-electron chi connectivity index (χ0n) is 8.33. The van der Waals surface area contributed by atoms with Gasteiger partial charge in [0.25, 0.3) is 0 Å². The third-order valence-electron chi connectivity index (χ3n) is 1.72. The fourth-order valence-electron chi connectivity index (χ4n) is 1.10. The number of hydrogen-bond donors (Lipinski definition) is 0. The van der Waals surface area contributed by atoms with Crippen molar-refractivity contribution in [2.75, 3.05) is 0 Å². The molecular weight excluding hydrogens is 182 g/mol. The quantitative estimate of drug-likeness (QED) is 0.359. The van der Waals surface area contributed by atoms with Crippen LogP contribution in [0.5, 0.6) is 0 Å². The molecule has 74 valence electrons. The van der Waals surface area contributed by atoms with Crippen LogP contribution in [0, 0.1) is 0 Å². The summed E-state index contributed by atoms with van der Waals surface area (Å²) in [6, 6.07) is 0. The summed E-state index contributed by atoms with van der Waals surface area (Å²) in [5, 5.41) is 3.58. The fourth-order valence-corrected chi connectivity index (χ4v) is 1.10. The van der Waals surface area contributed by atoms with Gasteiger partial charge in [0, 0.05) is 6.92 Å². The molecular formula is C10H11NO3. The molecule has 0 spiro atoms. The zero-order valence-corrected chi connectivity index (χ0v) is 8.33. The molecule has 0 N–H and O–H groups in total. The van der Waals surface area contributed by atoms with Crippen molar-refractivity contribution >= 4 is 17.5 Å². The van der Waals surface area contributed by atoms with Crippen molar-refractivity contribution in [3.63, 3.8) is 0 Å². The smallest absolute Gasteiger partial charge is 0.318 e. The molecule has 1 aliphatic rings. The van der Waals surface area contributed by atoms with E-state index in [1.807, 2.05) is 0 Å². The molecule has 0 aromatic rings. The maximum Gasteiger partial charge on any atom is 0.331 e. The Morgan fingerprint density at radius 3 is 2.21 bits per heavy atom. The van der Waals surface area contributed by atoms with Crippen LogP contribution in [0.4, 0.5) is 0 Å². The molecule has 0 bridgehead atoms. The second-order valence-electron chi connectivity index (χ2n) is 3.08. The van der Waals surface area contributed by atoms with Gasteiger partial charge in [-0.15, -0.1) is 0 Å². The lowest BCUT2D eigenvalue weighted by Gasteiger charge is -2.07. The lowest BCUT2D eigenvalue weighted by atomic mass is 9.98. The monoisotopic (exact) mass is 193 g/mol. The van der Waals surface area contributed by atoms with E-state index in [9.17, 15) is 9.59 Å². The molecule has 0 aliphatic heterocycles. The Morgan fingerprint density at radius 2 is 1.79 bits per heavy atom. The van der Waals surface area contributed by atoms with Gasteiger partial charge in [-0.05, 0) is 37.1 Å². The fraction of sp³-hybridized carbons (Fsp3) is 0.300. The van der Waals surface area contributed by atoms with Crippen LogP contribution in [0.3, 0.4) is 0 Å². The second-order valence-corrected chi connectivity index (χ2v) is 3.08. The number of hydrogen-bond acceptors (Lipinski definition) is 4. The van der Waals surface area contributed by atoms with E-state index in [-0.39, 0.29) is 5.78 Å². The molecule has 0 saturated heterocycles. The van der Waals surface area contributed by atoms with Gasteiger partial charge in [0.05, 0.1) is 0 Å². The Hall–Kier alpha value is -1.71. The van der Waals surface area contributed by atoms with Crippen LogP contribution in [0.1, 0.15) is 20.8 Å². The minimum atomic E-state index is -0.480. The second kappa shape index (κ2) is 4.00.